The van der Waals surface area contributed by atoms with Crippen molar-refractivity contribution in [3.63, 3.8) is 0 Å². The van der Waals surface area contributed by atoms with E-state index in [0.29, 0.717) is 11.4 Å². The molecule has 8 heteroatoms. The Bertz CT molecular complexity index is 695. The van der Waals surface area contributed by atoms with Crippen LogP contribution in [-0.2, 0) is 21.4 Å². The first-order valence-electron chi connectivity index (χ1n) is 5.77. The molecule has 0 aliphatic carbocycles. The molecule has 1 amide bonds. The minimum Gasteiger partial charge on any atom is -0.324 e. The lowest BCUT2D eigenvalue weighted by molar-refractivity contribution is -0.116. The molecule has 0 unspecified atom stereocenters. The molecular formula is C12H14N4O3S. The van der Waals surface area contributed by atoms with E-state index in [9.17, 15) is 13.2 Å². The van der Waals surface area contributed by atoms with Crippen LogP contribution in [-0.4, -0.2) is 30.4 Å². The van der Waals surface area contributed by atoms with E-state index in [1.54, 1.807) is 42.7 Å². The van der Waals surface area contributed by atoms with Gasteiger partial charge in [-0.15, -0.1) is 0 Å². The number of nitrogens with zero attached hydrogens (tertiary/aromatic N) is 2. The number of sulfonamides is 1. The van der Waals surface area contributed by atoms with E-state index >= 15 is 0 Å². The predicted octanol–water partition coefficient (Wildman–Crippen LogP) is 0.893. The molecule has 1 heterocycles. The standard InChI is InChI=1S/C12H14N4O3S/c1-20(18,19)15-11-5-2-4-10(8-11)14-12(17)9-16-7-3-6-13-16/h2-8,15H,9H2,1H3,(H,14,17). The second-order valence-electron chi connectivity index (χ2n) is 4.21. The van der Waals surface area contributed by atoms with Gasteiger partial charge < -0.3 is 5.32 Å². The third-order valence-electron chi connectivity index (χ3n) is 2.31. The Morgan fingerprint density at radius 2 is 2.05 bits per heavy atom. The summed E-state index contributed by atoms with van der Waals surface area (Å²) in [5, 5.41) is 6.60. The van der Waals surface area contributed by atoms with Crippen LogP contribution in [0, 0.1) is 0 Å². The Morgan fingerprint density at radius 1 is 1.30 bits per heavy atom. The number of anilines is 2. The van der Waals surface area contributed by atoms with Crippen LogP contribution in [0.1, 0.15) is 0 Å². The van der Waals surface area contributed by atoms with Crippen LogP contribution in [0.4, 0.5) is 11.4 Å². The number of carbonyl (C=O) groups is 1. The van der Waals surface area contributed by atoms with Gasteiger partial charge in [-0.1, -0.05) is 6.07 Å². The lowest BCUT2D eigenvalue weighted by Crippen LogP contribution is -2.19. The molecule has 0 radical (unpaired) electrons. The Balaban J connectivity index is 2.02. The normalized spacial score (nSPS) is 11.1. The summed E-state index contributed by atoms with van der Waals surface area (Å²) in [6.45, 7) is 0.0940. The van der Waals surface area contributed by atoms with Gasteiger partial charge in [0, 0.05) is 18.1 Å². The fraction of sp³-hybridized carbons (Fsp3) is 0.167. The first-order valence-corrected chi connectivity index (χ1v) is 7.67. The van der Waals surface area contributed by atoms with Gasteiger partial charge in [0.15, 0.2) is 0 Å². The molecule has 2 N–H and O–H groups in total. The predicted molar refractivity (Wildman–Crippen MR) is 75.8 cm³/mol. The Labute approximate surface area is 116 Å². The second-order valence-corrected chi connectivity index (χ2v) is 5.96. The number of hydrogen-bond donors (Lipinski definition) is 2. The molecule has 2 rings (SSSR count). The van der Waals surface area contributed by atoms with Crippen molar-refractivity contribution in [2.75, 3.05) is 16.3 Å². The molecule has 1 aromatic carbocycles. The number of rotatable bonds is 5. The molecule has 0 saturated carbocycles. The number of amides is 1. The quantitative estimate of drug-likeness (QED) is 0.856. The van der Waals surface area contributed by atoms with Gasteiger partial charge >= 0.3 is 0 Å². The zero-order valence-corrected chi connectivity index (χ0v) is 11.6. The maximum absolute atomic E-state index is 11.8. The average Bonchev–Trinajstić information content (AvgIpc) is 2.79. The molecular weight excluding hydrogens is 280 g/mol. The number of nitrogens with one attached hydrogen (secondary N) is 2. The highest BCUT2D eigenvalue weighted by molar-refractivity contribution is 7.92. The van der Waals surface area contributed by atoms with Gasteiger partial charge in [0.1, 0.15) is 6.54 Å². The van der Waals surface area contributed by atoms with Crippen molar-refractivity contribution >= 4 is 27.3 Å². The second kappa shape index (κ2) is 5.74. The maximum Gasteiger partial charge on any atom is 0.246 e. The van der Waals surface area contributed by atoms with Crippen molar-refractivity contribution in [3.05, 3.63) is 42.7 Å². The highest BCUT2D eigenvalue weighted by atomic mass is 32.2. The van der Waals surface area contributed by atoms with Crippen LogP contribution in [0.2, 0.25) is 0 Å². The molecule has 0 fully saturated rings. The topological polar surface area (TPSA) is 93.1 Å². The largest absolute Gasteiger partial charge is 0.324 e. The fourth-order valence-corrected chi connectivity index (χ4v) is 2.17. The summed E-state index contributed by atoms with van der Waals surface area (Å²) in [6, 6.07) is 8.20. The van der Waals surface area contributed by atoms with Crippen LogP contribution in [0.15, 0.2) is 42.7 Å². The van der Waals surface area contributed by atoms with E-state index < -0.39 is 10.0 Å². The van der Waals surface area contributed by atoms with E-state index in [1.165, 1.54) is 4.68 Å². The molecule has 20 heavy (non-hydrogen) atoms. The molecule has 0 spiro atoms. The first kappa shape index (κ1) is 14.1. The van der Waals surface area contributed by atoms with Gasteiger partial charge in [0.2, 0.25) is 15.9 Å². The van der Waals surface area contributed by atoms with Crippen LogP contribution < -0.4 is 10.0 Å². The van der Waals surface area contributed by atoms with Crippen LogP contribution in [0.5, 0.6) is 0 Å². The molecule has 1 aromatic heterocycles. The molecule has 2 aromatic rings. The van der Waals surface area contributed by atoms with Crippen molar-refractivity contribution < 1.29 is 13.2 Å². The number of aromatic nitrogens is 2. The van der Waals surface area contributed by atoms with Gasteiger partial charge in [-0.25, -0.2) is 8.42 Å². The van der Waals surface area contributed by atoms with Crippen LogP contribution in [0.25, 0.3) is 0 Å². The highest BCUT2D eigenvalue weighted by Crippen LogP contribution is 2.16. The Hall–Kier alpha value is -2.35. The molecule has 0 saturated heterocycles. The van der Waals surface area contributed by atoms with Crippen molar-refractivity contribution in [3.8, 4) is 0 Å². The summed E-state index contributed by atoms with van der Waals surface area (Å²) in [5.74, 6) is -0.245. The molecule has 0 bridgehead atoms. The highest BCUT2D eigenvalue weighted by Gasteiger charge is 2.06. The lowest BCUT2D eigenvalue weighted by atomic mass is 10.3. The summed E-state index contributed by atoms with van der Waals surface area (Å²) >= 11 is 0. The van der Waals surface area contributed by atoms with E-state index in [-0.39, 0.29) is 12.5 Å². The number of hydrogen-bond acceptors (Lipinski definition) is 4. The molecule has 106 valence electrons. The minimum absolute atomic E-state index is 0.0940. The third-order valence-corrected chi connectivity index (χ3v) is 2.92. The summed E-state index contributed by atoms with van der Waals surface area (Å²) in [5.41, 5.74) is 0.903. The molecule has 0 aliphatic rings. The maximum atomic E-state index is 11.8. The average molecular weight is 294 g/mol. The smallest absolute Gasteiger partial charge is 0.246 e. The van der Waals surface area contributed by atoms with Gasteiger partial charge in [0.25, 0.3) is 0 Å². The van der Waals surface area contributed by atoms with E-state index in [0.717, 1.165) is 6.26 Å². The van der Waals surface area contributed by atoms with Crippen molar-refractivity contribution in [2.24, 2.45) is 0 Å². The molecule has 7 nitrogen and oxygen atoms in total. The molecule has 0 atom stereocenters. The van der Waals surface area contributed by atoms with Crippen LogP contribution in [0.3, 0.4) is 0 Å². The van der Waals surface area contributed by atoms with E-state index in [4.69, 9.17) is 0 Å². The fourth-order valence-electron chi connectivity index (χ4n) is 1.62. The van der Waals surface area contributed by atoms with Gasteiger partial charge in [-0.3, -0.25) is 14.2 Å². The van der Waals surface area contributed by atoms with Crippen molar-refractivity contribution in [2.45, 2.75) is 6.54 Å². The Morgan fingerprint density at radius 3 is 2.70 bits per heavy atom. The summed E-state index contributed by atoms with van der Waals surface area (Å²) < 4.78 is 26.1. The van der Waals surface area contributed by atoms with Gasteiger partial charge in [-0.05, 0) is 24.3 Å². The molecule has 0 aliphatic heterocycles. The summed E-state index contributed by atoms with van der Waals surface area (Å²) in [7, 11) is -3.34. The van der Waals surface area contributed by atoms with E-state index in [2.05, 4.69) is 15.1 Å². The van der Waals surface area contributed by atoms with Crippen molar-refractivity contribution in [1.82, 2.24) is 9.78 Å². The zero-order valence-electron chi connectivity index (χ0n) is 10.8. The lowest BCUT2D eigenvalue weighted by Gasteiger charge is -2.08. The number of benzene rings is 1. The summed E-state index contributed by atoms with van der Waals surface area (Å²) in [4.78, 5) is 11.8. The van der Waals surface area contributed by atoms with Gasteiger partial charge in [0.05, 0.1) is 11.9 Å². The Kier molecular flexibility index (Phi) is 4.04. The third kappa shape index (κ3) is 4.39. The summed E-state index contributed by atoms with van der Waals surface area (Å²) in [6.07, 6.45) is 4.33. The number of carbonyl (C=O) groups excluding carboxylic acids is 1. The SMILES string of the molecule is CS(=O)(=O)Nc1cccc(NC(=O)Cn2cccn2)c1. The van der Waals surface area contributed by atoms with Crippen LogP contribution >= 0.6 is 0 Å². The minimum atomic E-state index is -3.34. The zero-order chi connectivity index (χ0) is 14.6. The van der Waals surface area contributed by atoms with Crippen molar-refractivity contribution in [1.29, 1.82) is 0 Å². The first-order chi connectivity index (χ1) is 9.42. The van der Waals surface area contributed by atoms with E-state index in [1.807, 2.05) is 0 Å². The monoisotopic (exact) mass is 294 g/mol. The van der Waals surface area contributed by atoms with Gasteiger partial charge in [-0.2, -0.15) is 5.10 Å².